The molecule has 0 aliphatic carbocycles. The van der Waals surface area contributed by atoms with Gasteiger partial charge in [-0.1, -0.05) is 5.21 Å². The number of aromatic nitrogens is 5. The first-order chi connectivity index (χ1) is 11.3. The molecule has 8 heteroatoms. The van der Waals surface area contributed by atoms with Crippen LogP contribution in [0.4, 0.5) is 4.79 Å². The Balaban J connectivity index is 1.49. The minimum absolute atomic E-state index is 0.266. The van der Waals surface area contributed by atoms with Crippen molar-refractivity contribution in [2.75, 3.05) is 0 Å². The normalized spacial score (nSPS) is 10.3. The van der Waals surface area contributed by atoms with E-state index in [1.54, 1.807) is 35.7 Å². The van der Waals surface area contributed by atoms with Crippen LogP contribution in [0.2, 0.25) is 0 Å². The zero-order chi connectivity index (χ0) is 15.9. The van der Waals surface area contributed by atoms with E-state index in [0.717, 1.165) is 11.3 Å². The predicted molar refractivity (Wildman–Crippen MR) is 82.5 cm³/mol. The molecule has 0 aromatic carbocycles. The van der Waals surface area contributed by atoms with Gasteiger partial charge in [0.25, 0.3) is 0 Å². The highest BCUT2D eigenvalue weighted by molar-refractivity contribution is 5.73. The molecule has 0 aliphatic rings. The maximum absolute atomic E-state index is 11.8. The first kappa shape index (κ1) is 14.6. The number of nitrogens with one attached hydrogen (secondary N) is 2. The Morgan fingerprint density at radius 1 is 1.04 bits per heavy atom. The molecule has 0 aliphatic heterocycles. The van der Waals surface area contributed by atoms with Gasteiger partial charge in [-0.25, -0.2) is 9.48 Å². The van der Waals surface area contributed by atoms with Gasteiger partial charge in [-0.3, -0.25) is 9.97 Å². The van der Waals surface area contributed by atoms with Crippen molar-refractivity contribution in [1.29, 1.82) is 0 Å². The van der Waals surface area contributed by atoms with Gasteiger partial charge in [-0.05, 0) is 29.8 Å². The number of nitrogens with zero attached hydrogens (tertiary/aromatic N) is 5. The highest BCUT2D eigenvalue weighted by Crippen LogP contribution is 2.03. The van der Waals surface area contributed by atoms with E-state index in [1.165, 1.54) is 0 Å². The molecule has 3 aromatic heterocycles. The first-order valence-electron chi connectivity index (χ1n) is 7.03. The Labute approximate surface area is 132 Å². The Morgan fingerprint density at radius 3 is 2.65 bits per heavy atom. The highest BCUT2D eigenvalue weighted by atomic mass is 16.2. The van der Waals surface area contributed by atoms with E-state index >= 15 is 0 Å². The fraction of sp³-hybridized carbons (Fsp3) is 0.133. The van der Waals surface area contributed by atoms with Crippen molar-refractivity contribution in [3.8, 4) is 5.69 Å². The monoisotopic (exact) mass is 309 g/mol. The van der Waals surface area contributed by atoms with Crippen LogP contribution in [0.3, 0.4) is 0 Å². The van der Waals surface area contributed by atoms with Gasteiger partial charge in [0, 0.05) is 25.1 Å². The molecule has 0 atom stereocenters. The van der Waals surface area contributed by atoms with E-state index in [1.807, 2.05) is 24.3 Å². The third-order valence-electron chi connectivity index (χ3n) is 3.08. The van der Waals surface area contributed by atoms with E-state index in [-0.39, 0.29) is 6.03 Å². The molecule has 8 nitrogen and oxygen atoms in total. The topological polar surface area (TPSA) is 97.6 Å². The minimum atomic E-state index is -0.266. The van der Waals surface area contributed by atoms with Crippen LogP contribution in [-0.2, 0) is 13.1 Å². The molecule has 116 valence electrons. The lowest BCUT2D eigenvalue weighted by Gasteiger charge is -2.06. The van der Waals surface area contributed by atoms with Gasteiger partial charge in [0.15, 0.2) is 0 Å². The average Bonchev–Trinajstić information content (AvgIpc) is 3.09. The molecule has 3 aromatic rings. The standard InChI is InChI=1S/C15H15N7O/c23-15(18-8-12-3-6-16-7-4-12)19-9-13-11-22(21-20-13)14-2-1-5-17-10-14/h1-7,10-11H,8-9H2,(H2,18,19,23). The molecule has 2 N–H and O–H groups in total. The van der Waals surface area contributed by atoms with Crippen molar-refractivity contribution < 1.29 is 4.79 Å². The number of hydrogen-bond acceptors (Lipinski definition) is 5. The summed E-state index contributed by atoms with van der Waals surface area (Å²) < 4.78 is 1.61. The molecule has 0 saturated heterocycles. The molecule has 3 heterocycles. The van der Waals surface area contributed by atoms with Crippen LogP contribution in [0, 0.1) is 0 Å². The van der Waals surface area contributed by atoms with Crippen LogP contribution in [0.25, 0.3) is 5.69 Å². The maximum atomic E-state index is 11.8. The molecule has 0 spiro atoms. The fourth-order valence-electron chi connectivity index (χ4n) is 1.91. The summed E-state index contributed by atoms with van der Waals surface area (Å²) in [7, 11) is 0. The molecule has 0 bridgehead atoms. The maximum Gasteiger partial charge on any atom is 0.315 e. The van der Waals surface area contributed by atoms with E-state index < -0.39 is 0 Å². The van der Waals surface area contributed by atoms with E-state index in [9.17, 15) is 4.79 Å². The molecule has 0 saturated carbocycles. The van der Waals surface area contributed by atoms with Crippen molar-refractivity contribution in [1.82, 2.24) is 35.6 Å². The van der Waals surface area contributed by atoms with Crippen molar-refractivity contribution in [3.63, 3.8) is 0 Å². The van der Waals surface area contributed by atoms with E-state index in [2.05, 4.69) is 30.9 Å². The lowest BCUT2D eigenvalue weighted by molar-refractivity contribution is 0.240. The highest BCUT2D eigenvalue weighted by Gasteiger charge is 2.05. The lowest BCUT2D eigenvalue weighted by Crippen LogP contribution is -2.34. The van der Waals surface area contributed by atoms with Crippen molar-refractivity contribution in [3.05, 3.63) is 66.5 Å². The fourth-order valence-corrected chi connectivity index (χ4v) is 1.91. The quantitative estimate of drug-likeness (QED) is 0.734. The third-order valence-corrected chi connectivity index (χ3v) is 3.08. The number of carbonyl (C=O) groups is 1. The van der Waals surface area contributed by atoms with E-state index in [0.29, 0.717) is 18.8 Å². The molecule has 0 unspecified atom stereocenters. The van der Waals surface area contributed by atoms with Gasteiger partial charge in [0.2, 0.25) is 0 Å². The molecule has 0 radical (unpaired) electrons. The Hall–Kier alpha value is -3.29. The lowest BCUT2D eigenvalue weighted by atomic mass is 10.3. The van der Waals surface area contributed by atoms with Crippen LogP contribution < -0.4 is 10.6 Å². The molecule has 3 rings (SSSR count). The van der Waals surface area contributed by atoms with Crippen LogP contribution in [0.15, 0.2) is 55.2 Å². The Morgan fingerprint density at radius 2 is 1.87 bits per heavy atom. The summed E-state index contributed by atoms with van der Waals surface area (Å²) in [5.74, 6) is 0. The van der Waals surface area contributed by atoms with Gasteiger partial charge in [0.1, 0.15) is 5.69 Å². The summed E-state index contributed by atoms with van der Waals surface area (Å²) in [6.45, 7) is 0.735. The van der Waals surface area contributed by atoms with Crippen LogP contribution in [0.1, 0.15) is 11.3 Å². The third kappa shape index (κ3) is 4.10. The smallest absolute Gasteiger partial charge is 0.315 e. The number of urea groups is 1. The SMILES string of the molecule is O=C(NCc1ccncc1)NCc1cn(-c2cccnc2)nn1. The predicted octanol–water partition coefficient (Wildman–Crippen LogP) is 1.06. The average molecular weight is 309 g/mol. The van der Waals surface area contributed by atoms with Gasteiger partial charge in [-0.2, -0.15) is 0 Å². The first-order valence-corrected chi connectivity index (χ1v) is 7.03. The summed E-state index contributed by atoms with van der Waals surface area (Å²) in [6.07, 6.45) is 8.50. The molecule has 0 fully saturated rings. The zero-order valence-corrected chi connectivity index (χ0v) is 12.3. The molecule has 2 amide bonds. The number of rotatable bonds is 5. The molecular weight excluding hydrogens is 294 g/mol. The minimum Gasteiger partial charge on any atom is -0.334 e. The summed E-state index contributed by atoms with van der Waals surface area (Å²) in [6, 6.07) is 7.12. The summed E-state index contributed by atoms with van der Waals surface area (Å²) in [5.41, 5.74) is 2.46. The van der Waals surface area contributed by atoms with Gasteiger partial charge in [-0.15, -0.1) is 5.10 Å². The van der Waals surface area contributed by atoms with Crippen molar-refractivity contribution in [2.45, 2.75) is 13.1 Å². The van der Waals surface area contributed by atoms with Gasteiger partial charge < -0.3 is 10.6 Å². The molecular formula is C15H15N7O. The Bertz CT molecular complexity index is 758. The number of hydrogen-bond donors (Lipinski definition) is 2. The van der Waals surface area contributed by atoms with Gasteiger partial charge >= 0.3 is 6.03 Å². The molecule has 23 heavy (non-hydrogen) atoms. The second-order valence-corrected chi connectivity index (χ2v) is 4.76. The van der Waals surface area contributed by atoms with E-state index in [4.69, 9.17) is 0 Å². The van der Waals surface area contributed by atoms with Crippen LogP contribution >= 0.6 is 0 Å². The van der Waals surface area contributed by atoms with Crippen LogP contribution in [0.5, 0.6) is 0 Å². The largest absolute Gasteiger partial charge is 0.334 e. The van der Waals surface area contributed by atoms with Gasteiger partial charge in [0.05, 0.1) is 24.6 Å². The second-order valence-electron chi connectivity index (χ2n) is 4.76. The number of amides is 2. The number of carbonyl (C=O) groups excluding carboxylic acids is 1. The van der Waals surface area contributed by atoms with Crippen molar-refractivity contribution in [2.24, 2.45) is 0 Å². The Kier molecular flexibility index (Phi) is 4.53. The summed E-state index contributed by atoms with van der Waals surface area (Å²) >= 11 is 0. The number of pyridine rings is 2. The summed E-state index contributed by atoms with van der Waals surface area (Å²) in [4.78, 5) is 19.7. The van der Waals surface area contributed by atoms with Crippen molar-refractivity contribution >= 4 is 6.03 Å². The van der Waals surface area contributed by atoms with Crippen LogP contribution in [-0.4, -0.2) is 31.0 Å². The zero-order valence-electron chi connectivity index (χ0n) is 12.3. The summed E-state index contributed by atoms with van der Waals surface area (Å²) in [5, 5.41) is 13.5. The second kappa shape index (κ2) is 7.12.